The Balaban J connectivity index is 1.78. The first-order valence-electron chi connectivity index (χ1n) is 6.28. The first kappa shape index (κ1) is 16.0. The van der Waals surface area contributed by atoms with E-state index >= 15 is 0 Å². The number of sulfonamides is 1. The van der Waals surface area contributed by atoms with E-state index in [1.54, 1.807) is 13.2 Å². The van der Waals surface area contributed by atoms with Crippen molar-refractivity contribution in [2.75, 3.05) is 13.2 Å². The van der Waals surface area contributed by atoms with Crippen LogP contribution in [-0.4, -0.2) is 37.4 Å². The Kier molecular flexibility index (Phi) is 4.78. The van der Waals surface area contributed by atoms with Gasteiger partial charge >= 0.3 is 5.97 Å². The first-order chi connectivity index (χ1) is 10.4. The Morgan fingerprint density at radius 3 is 2.50 bits per heavy atom. The lowest BCUT2D eigenvalue weighted by Gasteiger charge is -2.07. The maximum Gasteiger partial charge on any atom is 0.341 e. The van der Waals surface area contributed by atoms with Gasteiger partial charge < -0.3 is 9.47 Å². The van der Waals surface area contributed by atoms with Crippen LogP contribution in [0, 0.1) is 0 Å². The second-order valence-electron chi connectivity index (χ2n) is 4.40. The molecule has 0 saturated heterocycles. The zero-order chi connectivity index (χ0) is 16.2. The number of nitrogens with zero attached hydrogens (tertiary/aromatic N) is 2. The van der Waals surface area contributed by atoms with Gasteiger partial charge in [0, 0.05) is 13.2 Å². The number of primary sulfonamides is 1. The molecule has 0 saturated carbocycles. The molecule has 0 radical (unpaired) electrons. The number of hydrogen-bond donors (Lipinski definition) is 1. The number of benzene rings is 1. The fraction of sp³-hybridized carbons (Fsp3) is 0.231. The van der Waals surface area contributed by atoms with Crippen LogP contribution in [0.15, 0.2) is 41.6 Å². The molecular formula is C13H15N3O5S. The first-order valence-corrected chi connectivity index (χ1v) is 7.82. The summed E-state index contributed by atoms with van der Waals surface area (Å²) in [4.78, 5) is 11.6. The van der Waals surface area contributed by atoms with Gasteiger partial charge in [-0.3, -0.25) is 4.68 Å². The monoisotopic (exact) mass is 325 g/mol. The van der Waals surface area contributed by atoms with Crippen LogP contribution in [0.2, 0.25) is 0 Å². The van der Waals surface area contributed by atoms with Crippen LogP contribution in [0.1, 0.15) is 10.4 Å². The zero-order valence-corrected chi connectivity index (χ0v) is 12.6. The summed E-state index contributed by atoms with van der Waals surface area (Å²) in [6.45, 7) is 0.200. The Labute approximate surface area is 127 Å². The van der Waals surface area contributed by atoms with E-state index in [0.29, 0.717) is 11.3 Å². The molecule has 9 heteroatoms. The Morgan fingerprint density at radius 2 is 1.95 bits per heavy atom. The number of nitrogens with two attached hydrogens (primary N) is 1. The van der Waals surface area contributed by atoms with Gasteiger partial charge in [0.05, 0.1) is 16.7 Å². The highest BCUT2D eigenvalue weighted by atomic mass is 32.2. The molecule has 0 amide bonds. The maximum absolute atomic E-state index is 11.6. The average Bonchev–Trinajstić information content (AvgIpc) is 2.89. The van der Waals surface area contributed by atoms with Crippen LogP contribution >= 0.6 is 0 Å². The summed E-state index contributed by atoms with van der Waals surface area (Å²) in [6, 6.07) is 5.63. The molecule has 0 atom stereocenters. The van der Waals surface area contributed by atoms with Crippen LogP contribution in [0.3, 0.4) is 0 Å². The molecule has 1 aromatic carbocycles. The van der Waals surface area contributed by atoms with Crippen molar-refractivity contribution in [3.05, 3.63) is 42.2 Å². The lowest BCUT2D eigenvalue weighted by atomic mass is 10.3. The molecule has 1 aromatic heterocycles. The number of rotatable bonds is 6. The number of esters is 1. The number of aromatic nitrogens is 2. The summed E-state index contributed by atoms with van der Waals surface area (Å²) in [5.41, 5.74) is 0.361. The predicted molar refractivity (Wildman–Crippen MR) is 76.8 cm³/mol. The molecule has 0 unspecified atom stereocenters. The minimum atomic E-state index is -3.72. The van der Waals surface area contributed by atoms with Gasteiger partial charge in [-0.15, -0.1) is 0 Å². The minimum Gasteiger partial charge on any atom is -0.490 e. The molecular weight excluding hydrogens is 310 g/mol. The lowest BCUT2D eigenvalue weighted by molar-refractivity contribution is 0.0450. The number of carbonyl (C=O) groups is 1. The van der Waals surface area contributed by atoms with Crippen molar-refractivity contribution in [3.8, 4) is 5.75 Å². The second kappa shape index (κ2) is 6.58. The molecule has 118 valence electrons. The van der Waals surface area contributed by atoms with E-state index in [2.05, 4.69) is 5.10 Å². The summed E-state index contributed by atoms with van der Waals surface area (Å²) in [7, 11) is -2.02. The van der Waals surface area contributed by atoms with E-state index in [-0.39, 0.29) is 18.1 Å². The second-order valence-corrected chi connectivity index (χ2v) is 5.96. The van der Waals surface area contributed by atoms with Crippen LogP contribution in [-0.2, 0) is 21.8 Å². The third-order valence-corrected chi connectivity index (χ3v) is 3.61. The maximum atomic E-state index is 11.6. The molecule has 1 heterocycles. The van der Waals surface area contributed by atoms with Gasteiger partial charge in [-0.25, -0.2) is 18.4 Å². The fourth-order valence-corrected chi connectivity index (χ4v) is 2.14. The molecule has 0 aliphatic rings. The Morgan fingerprint density at radius 1 is 1.27 bits per heavy atom. The van der Waals surface area contributed by atoms with Crippen molar-refractivity contribution in [2.24, 2.45) is 12.2 Å². The Hall–Kier alpha value is -2.39. The summed E-state index contributed by atoms with van der Waals surface area (Å²) >= 11 is 0. The molecule has 2 aromatic rings. The van der Waals surface area contributed by atoms with E-state index in [0.717, 1.165) is 0 Å². The largest absolute Gasteiger partial charge is 0.490 e. The van der Waals surface area contributed by atoms with E-state index in [1.807, 2.05) is 0 Å². The summed E-state index contributed by atoms with van der Waals surface area (Å²) in [6.07, 6.45) is 2.96. The van der Waals surface area contributed by atoms with Crippen molar-refractivity contribution in [1.82, 2.24) is 9.78 Å². The van der Waals surface area contributed by atoms with Crippen LogP contribution in [0.4, 0.5) is 0 Å². The van der Waals surface area contributed by atoms with Crippen molar-refractivity contribution in [3.63, 3.8) is 0 Å². The Bertz CT molecular complexity index is 752. The highest BCUT2D eigenvalue weighted by Gasteiger charge is 2.09. The number of carbonyl (C=O) groups excluding carboxylic acids is 1. The summed E-state index contributed by atoms with van der Waals surface area (Å²) in [5.74, 6) is -0.0360. The molecule has 0 aliphatic carbocycles. The van der Waals surface area contributed by atoms with Crippen LogP contribution in [0.5, 0.6) is 5.75 Å². The molecule has 2 rings (SSSR count). The van der Waals surface area contributed by atoms with Crippen molar-refractivity contribution < 1.29 is 22.7 Å². The number of hydrogen-bond acceptors (Lipinski definition) is 6. The average molecular weight is 325 g/mol. The molecule has 0 aliphatic heterocycles. The summed E-state index contributed by atoms with van der Waals surface area (Å²) < 4.78 is 34.0. The summed E-state index contributed by atoms with van der Waals surface area (Å²) in [5, 5.41) is 8.85. The smallest absolute Gasteiger partial charge is 0.341 e. The molecule has 0 fully saturated rings. The molecule has 0 bridgehead atoms. The fourth-order valence-electron chi connectivity index (χ4n) is 1.63. The third-order valence-electron chi connectivity index (χ3n) is 2.68. The van der Waals surface area contributed by atoms with Crippen LogP contribution in [0.25, 0.3) is 0 Å². The highest BCUT2D eigenvalue weighted by Crippen LogP contribution is 2.14. The van der Waals surface area contributed by atoms with E-state index in [9.17, 15) is 13.2 Å². The third kappa shape index (κ3) is 4.30. The van der Waals surface area contributed by atoms with Crippen molar-refractivity contribution in [1.29, 1.82) is 0 Å². The molecule has 22 heavy (non-hydrogen) atoms. The van der Waals surface area contributed by atoms with Gasteiger partial charge in [0.1, 0.15) is 19.0 Å². The van der Waals surface area contributed by atoms with Crippen molar-refractivity contribution >= 4 is 16.0 Å². The van der Waals surface area contributed by atoms with Gasteiger partial charge in [0.25, 0.3) is 0 Å². The van der Waals surface area contributed by atoms with Gasteiger partial charge in [-0.2, -0.15) is 5.10 Å². The standard InChI is InChI=1S/C13H15N3O5S/c1-16-9-10(8-15-16)13(17)21-7-6-20-11-2-4-12(5-3-11)22(14,18)19/h2-5,8-9H,6-7H2,1H3,(H2,14,18,19). The van der Waals surface area contributed by atoms with E-state index < -0.39 is 16.0 Å². The van der Waals surface area contributed by atoms with Gasteiger partial charge in [0.15, 0.2) is 0 Å². The van der Waals surface area contributed by atoms with Crippen molar-refractivity contribution in [2.45, 2.75) is 4.90 Å². The van der Waals surface area contributed by atoms with Crippen LogP contribution < -0.4 is 9.88 Å². The predicted octanol–water partition coefficient (Wildman–Crippen LogP) is 0.303. The minimum absolute atomic E-state index is 0.00264. The van der Waals surface area contributed by atoms with Gasteiger partial charge in [-0.1, -0.05) is 0 Å². The van der Waals surface area contributed by atoms with E-state index in [4.69, 9.17) is 14.6 Å². The number of ether oxygens (including phenoxy) is 2. The SMILES string of the molecule is Cn1cc(C(=O)OCCOc2ccc(S(N)(=O)=O)cc2)cn1. The molecule has 2 N–H and O–H groups in total. The quantitative estimate of drug-likeness (QED) is 0.604. The zero-order valence-electron chi connectivity index (χ0n) is 11.8. The van der Waals surface area contributed by atoms with Gasteiger partial charge in [0.2, 0.25) is 10.0 Å². The highest BCUT2D eigenvalue weighted by molar-refractivity contribution is 7.89. The van der Waals surface area contributed by atoms with Gasteiger partial charge in [-0.05, 0) is 24.3 Å². The molecule has 0 spiro atoms. The molecule has 8 nitrogen and oxygen atoms in total. The normalized spacial score (nSPS) is 11.2. The topological polar surface area (TPSA) is 114 Å². The number of aryl methyl sites for hydroxylation is 1. The lowest BCUT2D eigenvalue weighted by Crippen LogP contribution is -2.13. The van der Waals surface area contributed by atoms with E-state index in [1.165, 1.54) is 35.1 Å².